The van der Waals surface area contributed by atoms with Crippen LogP contribution in [0, 0.1) is 22.7 Å². The normalized spacial score (nSPS) is 31.4. The second kappa shape index (κ2) is 9.80. The van der Waals surface area contributed by atoms with Crippen molar-refractivity contribution in [3.63, 3.8) is 0 Å². The van der Waals surface area contributed by atoms with Crippen molar-refractivity contribution in [3.05, 3.63) is 23.3 Å². The number of rotatable bonds is 8. The van der Waals surface area contributed by atoms with Crippen LogP contribution in [0.5, 0.6) is 0 Å². The summed E-state index contributed by atoms with van der Waals surface area (Å²) in [6.07, 6.45) is 8.91. The number of hydrogen-bond donors (Lipinski definition) is 1. The Morgan fingerprint density at radius 3 is 2.43 bits per heavy atom. The predicted octanol–water partition coefficient (Wildman–Crippen LogP) is 4.68. The number of fused-ring (bicyclic) bond motifs is 1. The summed E-state index contributed by atoms with van der Waals surface area (Å²) in [5.74, 6) is -1.58. The maximum atomic E-state index is 12.2. The molecule has 168 valence electrons. The van der Waals surface area contributed by atoms with Crippen molar-refractivity contribution in [1.82, 2.24) is 0 Å². The zero-order chi connectivity index (χ0) is 22.5. The van der Waals surface area contributed by atoms with Crippen molar-refractivity contribution < 1.29 is 29.0 Å². The molecule has 0 unspecified atom stereocenters. The van der Waals surface area contributed by atoms with E-state index in [0.29, 0.717) is 19.3 Å². The number of carbonyl (C=O) groups is 3. The van der Waals surface area contributed by atoms with E-state index in [1.807, 2.05) is 0 Å². The first-order valence-electron chi connectivity index (χ1n) is 10.9. The third-order valence-corrected chi connectivity index (χ3v) is 7.52. The lowest BCUT2D eigenvalue weighted by molar-refractivity contribution is -0.156. The van der Waals surface area contributed by atoms with Crippen molar-refractivity contribution >= 4 is 17.9 Å². The summed E-state index contributed by atoms with van der Waals surface area (Å²) in [6.45, 7) is 9.55. The lowest BCUT2D eigenvalue weighted by atomic mass is 9.46. The molecule has 30 heavy (non-hydrogen) atoms. The minimum absolute atomic E-state index is 0.0243. The minimum Gasteiger partial charge on any atom is -0.481 e. The number of carboxylic acids is 1. The molecule has 1 N–H and O–H groups in total. The predicted molar refractivity (Wildman–Crippen MR) is 114 cm³/mol. The Morgan fingerprint density at radius 1 is 1.17 bits per heavy atom. The topological polar surface area (TPSA) is 89.9 Å². The van der Waals surface area contributed by atoms with Gasteiger partial charge in [0.25, 0.3) is 0 Å². The van der Waals surface area contributed by atoms with Crippen LogP contribution < -0.4 is 0 Å². The smallest absolute Gasteiger partial charge is 0.307 e. The second-order valence-corrected chi connectivity index (χ2v) is 9.32. The van der Waals surface area contributed by atoms with Gasteiger partial charge in [-0.05, 0) is 73.8 Å². The summed E-state index contributed by atoms with van der Waals surface area (Å²) in [7, 11) is 0. The van der Waals surface area contributed by atoms with E-state index in [4.69, 9.17) is 9.47 Å². The van der Waals surface area contributed by atoms with Gasteiger partial charge in [-0.1, -0.05) is 25.5 Å². The number of esters is 2. The third-order valence-electron chi connectivity index (χ3n) is 7.52. The van der Waals surface area contributed by atoms with Crippen molar-refractivity contribution in [2.45, 2.75) is 73.1 Å². The van der Waals surface area contributed by atoms with Crippen molar-refractivity contribution in [2.24, 2.45) is 22.7 Å². The molecule has 2 aliphatic rings. The highest BCUT2D eigenvalue weighted by atomic mass is 16.5. The fourth-order valence-corrected chi connectivity index (χ4v) is 5.63. The maximum absolute atomic E-state index is 12.2. The van der Waals surface area contributed by atoms with Crippen LogP contribution >= 0.6 is 0 Å². The van der Waals surface area contributed by atoms with E-state index in [2.05, 4.69) is 26.8 Å². The number of carbonyl (C=O) groups excluding carboxylic acids is 2. The van der Waals surface area contributed by atoms with Crippen LogP contribution in [0.4, 0.5) is 0 Å². The first-order valence-corrected chi connectivity index (χ1v) is 10.9. The van der Waals surface area contributed by atoms with Gasteiger partial charge in [0, 0.05) is 13.8 Å². The number of aliphatic carboxylic acids is 1. The molecule has 0 aromatic rings. The molecule has 0 aromatic carbocycles. The summed E-state index contributed by atoms with van der Waals surface area (Å²) in [5, 5.41) is 10.0. The van der Waals surface area contributed by atoms with Gasteiger partial charge in [-0.2, -0.15) is 0 Å². The van der Waals surface area contributed by atoms with E-state index < -0.39 is 11.9 Å². The molecule has 0 aliphatic heterocycles. The molecular formula is C24H36O6. The third kappa shape index (κ3) is 5.32. The molecule has 0 heterocycles. The largest absolute Gasteiger partial charge is 0.481 e. The van der Waals surface area contributed by atoms with Crippen LogP contribution in [0.2, 0.25) is 0 Å². The Kier molecular flexibility index (Phi) is 7.89. The molecule has 0 spiro atoms. The highest BCUT2D eigenvalue weighted by Gasteiger charge is 2.56. The molecule has 0 radical (unpaired) electrons. The van der Waals surface area contributed by atoms with Gasteiger partial charge in [0.1, 0.15) is 13.2 Å². The van der Waals surface area contributed by atoms with Gasteiger partial charge in [-0.3, -0.25) is 14.4 Å². The average molecular weight is 421 g/mol. The highest BCUT2D eigenvalue weighted by Crippen LogP contribution is 2.62. The number of ether oxygens (including phenoxy) is 2. The summed E-state index contributed by atoms with van der Waals surface area (Å²) in [5.41, 5.74) is 1.88. The Hall–Kier alpha value is -2.11. The molecule has 2 aliphatic carbocycles. The van der Waals surface area contributed by atoms with E-state index >= 15 is 0 Å². The maximum Gasteiger partial charge on any atom is 0.307 e. The SMILES string of the molecule is CC(=O)OC/C=C(\CC[C@]1(C)[C@H]2CCC=C(C)[C@]2(C)CC[C@H]1C(=O)O)COC(C)=O. The quantitative estimate of drug-likeness (QED) is 0.453. The molecule has 6 heteroatoms. The summed E-state index contributed by atoms with van der Waals surface area (Å²) < 4.78 is 10.2. The molecule has 0 amide bonds. The molecule has 2 rings (SSSR count). The molecule has 6 nitrogen and oxygen atoms in total. The number of hydrogen-bond acceptors (Lipinski definition) is 5. The minimum atomic E-state index is -0.725. The average Bonchev–Trinajstić information content (AvgIpc) is 2.64. The first-order chi connectivity index (χ1) is 14.0. The molecule has 0 bridgehead atoms. The molecular weight excluding hydrogens is 384 g/mol. The Labute approximate surface area is 179 Å². The van der Waals surface area contributed by atoms with Gasteiger partial charge in [-0.15, -0.1) is 0 Å². The van der Waals surface area contributed by atoms with Crippen LogP contribution in [-0.2, 0) is 23.9 Å². The van der Waals surface area contributed by atoms with E-state index in [-0.39, 0.29) is 41.9 Å². The zero-order valence-corrected chi connectivity index (χ0v) is 19.0. The zero-order valence-electron chi connectivity index (χ0n) is 19.0. The molecule has 1 fully saturated rings. The van der Waals surface area contributed by atoms with E-state index in [1.165, 1.54) is 19.4 Å². The molecule has 4 atom stereocenters. The Morgan fingerprint density at radius 2 is 1.83 bits per heavy atom. The van der Waals surface area contributed by atoms with Gasteiger partial charge >= 0.3 is 17.9 Å². The van der Waals surface area contributed by atoms with Gasteiger partial charge < -0.3 is 14.6 Å². The molecule has 0 saturated heterocycles. The molecule has 1 saturated carbocycles. The van der Waals surface area contributed by atoms with Gasteiger partial charge in [0.05, 0.1) is 5.92 Å². The lowest BCUT2D eigenvalue weighted by Gasteiger charge is -2.57. The summed E-state index contributed by atoms with van der Waals surface area (Å²) >= 11 is 0. The van der Waals surface area contributed by atoms with E-state index in [1.54, 1.807) is 6.08 Å². The fraction of sp³-hybridized carbons (Fsp3) is 0.708. The number of carboxylic acid groups (broad SMARTS) is 1. The monoisotopic (exact) mass is 420 g/mol. The van der Waals surface area contributed by atoms with Crippen molar-refractivity contribution in [1.29, 1.82) is 0 Å². The summed E-state index contributed by atoms with van der Waals surface area (Å²) in [4.78, 5) is 34.6. The van der Waals surface area contributed by atoms with E-state index in [0.717, 1.165) is 24.8 Å². The number of allylic oxidation sites excluding steroid dienone is 2. The van der Waals surface area contributed by atoms with Crippen LogP contribution in [0.25, 0.3) is 0 Å². The lowest BCUT2D eigenvalue weighted by Crippen LogP contribution is -2.52. The van der Waals surface area contributed by atoms with Crippen LogP contribution in [0.3, 0.4) is 0 Å². The highest BCUT2D eigenvalue weighted by molar-refractivity contribution is 5.71. The van der Waals surface area contributed by atoms with Gasteiger partial charge in [-0.25, -0.2) is 0 Å². The van der Waals surface area contributed by atoms with Crippen LogP contribution in [0.15, 0.2) is 23.3 Å². The van der Waals surface area contributed by atoms with Crippen LogP contribution in [0.1, 0.15) is 73.1 Å². The van der Waals surface area contributed by atoms with Crippen LogP contribution in [-0.4, -0.2) is 36.2 Å². The molecule has 0 aromatic heterocycles. The van der Waals surface area contributed by atoms with Gasteiger partial charge in [0.15, 0.2) is 0 Å². The fourth-order valence-electron chi connectivity index (χ4n) is 5.63. The Bertz CT molecular complexity index is 736. The summed E-state index contributed by atoms with van der Waals surface area (Å²) in [6, 6.07) is 0. The van der Waals surface area contributed by atoms with E-state index in [9.17, 15) is 19.5 Å². The van der Waals surface area contributed by atoms with Crippen molar-refractivity contribution in [2.75, 3.05) is 13.2 Å². The Balaban J connectivity index is 2.26. The first kappa shape index (κ1) is 24.2. The standard InChI is InChI=1S/C24H36O6/c1-16-7-6-8-21-23(16,4)13-10-20(22(27)28)24(21,5)12-9-19(15-30-18(3)26)11-14-29-17(2)25/h7,11,20-21H,6,8-10,12-15H2,1-5H3,(H,27,28)/b19-11+/t20-,21-,23-,24-/m0/s1. The van der Waals surface area contributed by atoms with Gasteiger partial charge in [0.2, 0.25) is 0 Å². The second-order valence-electron chi connectivity index (χ2n) is 9.32. The van der Waals surface area contributed by atoms with Crippen molar-refractivity contribution in [3.8, 4) is 0 Å².